The Hall–Kier alpha value is -1.39. The van der Waals surface area contributed by atoms with Crippen LogP contribution in [-0.4, -0.2) is 37.7 Å². The summed E-state index contributed by atoms with van der Waals surface area (Å²) in [6, 6.07) is 5.99. The summed E-state index contributed by atoms with van der Waals surface area (Å²) in [6.45, 7) is 10.5. The number of carbonyl (C=O) groups excluding carboxylic acids is 1. The predicted molar refractivity (Wildman–Crippen MR) is 80.1 cm³/mol. The Kier molecular flexibility index (Phi) is 4.78. The molecular formula is C16H25N2O2+. The van der Waals surface area contributed by atoms with Crippen LogP contribution in [0.15, 0.2) is 18.2 Å². The number of amides is 1. The molecule has 2 rings (SSSR count). The third-order valence-corrected chi connectivity index (χ3v) is 3.91. The van der Waals surface area contributed by atoms with Crippen LogP contribution in [0.5, 0.6) is 0 Å². The summed E-state index contributed by atoms with van der Waals surface area (Å²) in [4.78, 5) is 13.5. The number of morpholine rings is 1. The molecule has 1 aromatic rings. The molecule has 1 aliphatic rings. The number of hydrogen-bond acceptors (Lipinski definition) is 2. The van der Waals surface area contributed by atoms with Crippen LogP contribution in [0.25, 0.3) is 0 Å². The van der Waals surface area contributed by atoms with Gasteiger partial charge in [0.1, 0.15) is 25.3 Å². The fourth-order valence-corrected chi connectivity index (χ4v) is 2.84. The van der Waals surface area contributed by atoms with E-state index in [1.165, 1.54) is 10.5 Å². The highest BCUT2D eigenvalue weighted by atomic mass is 16.5. The van der Waals surface area contributed by atoms with Crippen LogP contribution in [0.2, 0.25) is 0 Å². The lowest BCUT2D eigenvalue weighted by Gasteiger charge is -2.31. The standard InChI is InChI=1S/C16H24N2O2/c1-11-6-5-7-15(14(11)4)17-16(19)10-18-8-12(2)20-13(3)9-18/h5-7,12-13H,8-10H2,1-4H3,(H,17,19)/p+1/t12-,13+. The molecule has 2 N–H and O–H groups in total. The number of nitrogens with one attached hydrogen (secondary N) is 2. The van der Waals surface area contributed by atoms with Gasteiger partial charge >= 0.3 is 0 Å². The minimum absolute atomic E-state index is 0.0787. The highest BCUT2D eigenvalue weighted by Crippen LogP contribution is 2.17. The van der Waals surface area contributed by atoms with Gasteiger partial charge in [-0.15, -0.1) is 0 Å². The lowest BCUT2D eigenvalue weighted by molar-refractivity contribution is -0.907. The maximum Gasteiger partial charge on any atom is 0.279 e. The average Bonchev–Trinajstić information content (AvgIpc) is 2.33. The van der Waals surface area contributed by atoms with Crippen LogP contribution in [0.4, 0.5) is 5.69 Å². The second-order valence-electron chi connectivity index (χ2n) is 5.89. The summed E-state index contributed by atoms with van der Waals surface area (Å²) in [5.41, 5.74) is 3.26. The summed E-state index contributed by atoms with van der Waals surface area (Å²) < 4.78 is 5.70. The first kappa shape index (κ1) is 15.0. The van der Waals surface area contributed by atoms with Gasteiger partial charge in [0.2, 0.25) is 0 Å². The molecule has 1 fully saturated rings. The lowest BCUT2D eigenvalue weighted by Crippen LogP contribution is -3.16. The van der Waals surface area contributed by atoms with Crippen molar-refractivity contribution in [2.75, 3.05) is 25.0 Å². The Labute approximate surface area is 121 Å². The smallest absolute Gasteiger partial charge is 0.279 e. The molecule has 110 valence electrons. The normalized spacial score (nSPS) is 26.3. The second kappa shape index (κ2) is 6.37. The van der Waals surface area contributed by atoms with E-state index in [4.69, 9.17) is 4.74 Å². The molecule has 0 aromatic heterocycles. The third kappa shape index (κ3) is 3.81. The zero-order valence-corrected chi connectivity index (χ0v) is 12.8. The molecule has 1 aromatic carbocycles. The van der Waals surface area contributed by atoms with Crippen molar-refractivity contribution in [3.63, 3.8) is 0 Å². The van der Waals surface area contributed by atoms with E-state index in [0.717, 1.165) is 24.3 Å². The molecule has 1 aliphatic heterocycles. The van der Waals surface area contributed by atoms with Crippen molar-refractivity contribution in [2.45, 2.75) is 39.9 Å². The molecule has 1 unspecified atom stereocenters. The van der Waals surface area contributed by atoms with Crippen LogP contribution in [0.1, 0.15) is 25.0 Å². The second-order valence-corrected chi connectivity index (χ2v) is 5.89. The van der Waals surface area contributed by atoms with Gasteiger partial charge in [0, 0.05) is 5.69 Å². The molecule has 3 atom stereocenters. The summed E-state index contributed by atoms with van der Waals surface area (Å²) >= 11 is 0. The summed E-state index contributed by atoms with van der Waals surface area (Å²) in [6.07, 6.45) is 0.449. The van der Waals surface area contributed by atoms with Crippen molar-refractivity contribution in [2.24, 2.45) is 0 Å². The maximum atomic E-state index is 12.2. The summed E-state index contributed by atoms with van der Waals surface area (Å²) in [5, 5.41) is 3.03. The van der Waals surface area contributed by atoms with Crippen molar-refractivity contribution in [3.05, 3.63) is 29.3 Å². The number of quaternary nitrogens is 1. The third-order valence-electron chi connectivity index (χ3n) is 3.91. The van der Waals surface area contributed by atoms with Gasteiger partial charge in [-0.25, -0.2) is 0 Å². The summed E-state index contributed by atoms with van der Waals surface area (Å²) in [7, 11) is 0. The lowest BCUT2D eigenvalue weighted by atomic mass is 10.1. The van der Waals surface area contributed by atoms with E-state index in [9.17, 15) is 4.79 Å². The van der Waals surface area contributed by atoms with Gasteiger partial charge in [-0.1, -0.05) is 12.1 Å². The van der Waals surface area contributed by atoms with Crippen LogP contribution in [-0.2, 0) is 9.53 Å². The Morgan fingerprint density at radius 2 is 1.95 bits per heavy atom. The van der Waals surface area contributed by atoms with Gasteiger partial charge in [-0.3, -0.25) is 4.79 Å². The van der Waals surface area contributed by atoms with Crippen molar-refractivity contribution < 1.29 is 14.4 Å². The fraction of sp³-hybridized carbons (Fsp3) is 0.562. The van der Waals surface area contributed by atoms with Crippen LogP contribution >= 0.6 is 0 Å². The zero-order valence-electron chi connectivity index (χ0n) is 12.8. The average molecular weight is 277 g/mol. The van der Waals surface area contributed by atoms with E-state index < -0.39 is 0 Å². The molecule has 1 saturated heterocycles. The highest BCUT2D eigenvalue weighted by Gasteiger charge is 2.27. The minimum atomic E-state index is 0.0787. The topological polar surface area (TPSA) is 42.8 Å². The Bertz CT molecular complexity index is 477. The number of benzene rings is 1. The molecule has 4 heteroatoms. The number of ether oxygens (including phenoxy) is 1. The molecule has 0 aliphatic carbocycles. The molecule has 0 radical (unpaired) electrons. The van der Waals surface area contributed by atoms with E-state index in [2.05, 4.69) is 32.2 Å². The largest absolute Gasteiger partial charge is 0.364 e. The molecule has 4 nitrogen and oxygen atoms in total. The van der Waals surface area contributed by atoms with E-state index in [-0.39, 0.29) is 18.1 Å². The molecular weight excluding hydrogens is 252 g/mol. The zero-order chi connectivity index (χ0) is 14.7. The van der Waals surface area contributed by atoms with Crippen molar-refractivity contribution in [1.82, 2.24) is 0 Å². The maximum absolute atomic E-state index is 12.2. The Morgan fingerprint density at radius 3 is 2.60 bits per heavy atom. The number of aryl methyl sites for hydroxylation is 1. The number of rotatable bonds is 3. The first-order chi connectivity index (χ1) is 9.45. The van der Waals surface area contributed by atoms with Crippen LogP contribution in [0, 0.1) is 13.8 Å². The number of anilines is 1. The van der Waals surface area contributed by atoms with Crippen LogP contribution in [0.3, 0.4) is 0 Å². The fourth-order valence-electron chi connectivity index (χ4n) is 2.84. The van der Waals surface area contributed by atoms with Gasteiger partial charge in [-0.05, 0) is 44.9 Å². The van der Waals surface area contributed by atoms with Gasteiger partial charge in [0.15, 0.2) is 6.54 Å². The molecule has 0 saturated carbocycles. The first-order valence-corrected chi connectivity index (χ1v) is 7.30. The van der Waals surface area contributed by atoms with E-state index in [1.807, 2.05) is 19.1 Å². The van der Waals surface area contributed by atoms with Crippen molar-refractivity contribution in [3.8, 4) is 0 Å². The number of carbonyl (C=O) groups is 1. The number of hydrogen-bond donors (Lipinski definition) is 2. The quantitative estimate of drug-likeness (QED) is 0.863. The predicted octanol–water partition coefficient (Wildman–Crippen LogP) is 0.934. The van der Waals surface area contributed by atoms with Crippen molar-refractivity contribution >= 4 is 11.6 Å². The molecule has 0 bridgehead atoms. The van der Waals surface area contributed by atoms with Gasteiger partial charge in [0.25, 0.3) is 5.91 Å². The first-order valence-electron chi connectivity index (χ1n) is 7.30. The SMILES string of the molecule is Cc1cccc(NC(=O)C[NH+]2C[C@@H](C)O[C@@H](C)C2)c1C. The monoisotopic (exact) mass is 277 g/mol. The molecule has 1 amide bonds. The molecule has 20 heavy (non-hydrogen) atoms. The van der Waals surface area contributed by atoms with E-state index in [1.54, 1.807) is 0 Å². The van der Waals surface area contributed by atoms with Gasteiger partial charge in [-0.2, -0.15) is 0 Å². The molecule has 1 heterocycles. The minimum Gasteiger partial charge on any atom is -0.364 e. The summed E-state index contributed by atoms with van der Waals surface area (Å²) in [5.74, 6) is 0.0787. The van der Waals surface area contributed by atoms with Gasteiger partial charge in [0.05, 0.1) is 0 Å². The molecule has 0 spiro atoms. The Balaban J connectivity index is 1.94. The van der Waals surface area contributed by atoms with E-state index >= 15 is 0 Å². The highest BCUT2D eigenvalue weighted by molar-refractivity contribution is 5.92. The van der Waals surface area contributed by atoms with E-state index in [0.29, 0.717) is 6.54 Å². The Morgan fingerprint density at radius 1 is 1.30 bits per heavy atom. The van der Waals surface area contributed by atoms with Crippen molar-refractivity contribution in [1.29, 1.82) is 0 Å². The van der Waals surface area contributed by atoms with Gasteiger partial charge < -0.3 is 15.0 Å². The van der Waals surface area contributed by atoms with Crippen LogP contribution < -0.4 is 10.2 Å².